The van der Waals surface area contributed by atoms with Crippen molar-refractivity contribution in [2.45, 2.75) is 0 Å². The summed E-state index contributed by atoms with van der Waals surface area (Å²) in [5.74, 6) is -1.89. The van der Waals surface area contributed by atoms with Gasteiger partial charge in [0, 0.05) is 10.2 Å². The molecule has 0 saturated carbocycles. The van der Waals surface area contributed by atoms with Crippen LogP contribution in [0.15, 0.2) is 59.6 Å². The van der Waals surface area contributed by atoms with Gasteiger partial charge in [0.15, 0.2) is 6.61 Å². The Kier molecular flexibility index (Phi) is 5.37. The largest absolute Gasteiger partial charge is 0.452 e. The highest BCUT2D eigenvalue weighted by Gasteiger charge is 2.12. The molecule has 0 fully saturated rings. The summed E-state index contributed by atoms with van der Waals surface area (Å²) in [5, 5.41) is 9.74. The van der Waals surface area contributed by atoms with Gasteiger partial charge in [0.2, 0.25) is 0 Å². The second-order valence-electron chi connectivity index (χ2n) is 5.16. The minimum atomic E-state index is -0.660. The van der Waals surface area contributed by atoms with Crippen LogP contribution in [0.2, 0.25) is 0 Å². The minimum Gasteiger partial charge on any atom is -0.452 e. The fraction of sp³-hybridized carbons (Fsp3) is 0.0588. The van der Waals surface area contributed by atoms with Gasteiger partial charge in [0.25, 0.3) is 5.91 Å². The zero-order valence-corrected chi connectivity index (χ0v) is 14.8. The average molecular weight is 419 g/mol. The molecule has 3 rings (SSSR count). The van der Waals surface area contributed by atoms with Gasteiger partial charge in [-0.3, -0.25) is 9.36 Å². The van der Waals surface area contributed by atoms with E-state index in [1.807, 2.05) is 0 Å². The fourth-order valence-corrected chi connectivity index (χ4v) is 2.43. The Labute approximate surface area is 155 Å². The molecular weight excluding hydrogens is 407 g/mol. The van der Waals surface area contributed by atoms with E-state index in [-0.39, 0.29) is 11.3 Å². The van der Waals surface area contributed by atoms with E-state index in [9.17, 15) is 14.0 Å². The Morgan fingerprint density at radius 1 is 1.12 bits per heavy atom. The number of aromatic nitrogens is 3. The second kappa shape index (κ2) is 7.87. The standard InChI is InChI=1S/C17H12BrFN4O3/c18-12-3-6-15(14(19)7-12)22-16(24)8-26-17(25)11-1-4-13(5-2-11)23-9-20-21-10-23/h1-7,9-10H,8H2,(H,22,24). The van der Waals surface area contributed by atoms with Crippen LogP contribution in [-0.4, -0.2) is 33.2 Å². The van der Waals surface area contributed by atoms with Gasteiger partial charge in [-0.1, -0.05) is 15.9 Å². The smallest absolute Gasteiger partial charge is 0.338 e. The van der Waals surface area contributed by atoms with Gasteiger partial charge in [0.05, 0.1) is 11.3 Å². The summed E-state index contributed by atoms with van der Waals surface area (Å²) >= 11 is 3.13. The Hall–Kier alpha value is -3.07. The van der Waals surface area contributed by atoms with Crippen molar-refractivity contribution in [1.29, 1.82) is 0 Å². The van der Waals surface area contributed by atoms with Crippen molar-refractivity contribution in [3.63, 3.8) is 0 Å². The van der Waals surface area contributed by atoms with Crippen molar-refractivity contribution in [3.8, 4) is 5.69 Å². The van der Waals surface area contributed by atoms with Gasteiger partial charge < -0.3 is 10.1 Å². The molecule has 0 bridgehead atoms. The number of nitrogens with zero attached hydrogens (tertiary/aromatic N) is 3. The van der Waals surface area contributed by atoms with Crippen LogP contribution in [-0.2, 0) is 9.53 Å². The first-order chi connectivity index (χ1) is 12.5. The number of ether oxygens (including phenoxy) is 1. The lowest BCUT2D eigenvalue weighted by molar-refractivity contribution is -0.119. The number of hydrogen-bond acceptors (Lipinski definition) is 5. The first kappa shape index (κ1) is 17.7. The SMILES string of the molecule is O=C(COC(=O)c1ccc(-n2cnnc2)cc1)Nc1ccc(Br)cc1F. The molecule has 0 aliphatic heterocycles. The molecule has 0 aliphatic carbocycles. The molecule has 0 aliphatic rings. The molecule has 1 heterocycles. The van der Waals surface area contributed by atoms with E-state index in [2.05, 4.69) is 31.4 Å². The number of esters is 1. The zero-order chi connectivity index (χ0) is 18.5. The molecule has 1 N–H and O–H groups in total. The highest BCUT2D eigenvalue weighted by atomic mass is 79.9. The van der Waals surface area contributed by atoms with E-state index >= 15 is 0 Å². The van der Waals surface area contributed by atoms with E-state index in [4.69, 9.17) is 4.74 Å². The topological polar surface area (TPSA) is 86.1 Å². The Balaban J connectivity index is 1.55. The van der Waals surface area contributed by atoms with E-state index in [0.29, 0.717) is 4.47 Å². The van der Waals surface area contributed by atoms with E-state index in [0.717, 1.165) is 5.69 Å². The predicted octanol–water partition coefficient (Wildman–Crippen LogP) is 2.96. The molecule has 3 aromatic rings. The lowest BCUT2D eigenvalue weighted by Gasteiger charge is -2.08. The van der Waals surface area contributed by atoms with E-state index in [1.54, 1.807) is 34.9 Å². The van der Waals surface area contributed by atoms with Crippen molar-refractivity contribution < 1.29 is 18.7 Å². The molecule has 132 valence electrons. The Morgan fingerprint density at radius 2 is 1.81 bits per heavy atom. The number of anilines is 1. The summed E-state index contributed by atoms with van der Waals surface area (Å²) in [6.45, 7) is -0.526. The Bertz CT molecular complexity index is 930. The zero-order valence-electron chi connectivity index (χ0n) is 13.2. The Morgan fingerprint density at radius 3 is 2.46 bits per heavy atom. The van der Waals surface area contributed by atoms with Gasteiger partial charge in [0.1, 0.15) is 18.5 Å². The molecular formula is C17H12BrFN4O3. The number of carbonyl (C=O) groups excluding carboxylic acids is 2. The molecule has 7 nitrogen and oxygen atoms in total. The number of hydrogen-bond donors (Lipinski definition) is 1. The molecule has 0 unspecified atom stereocenters. The third-order valence-corrected chi connectivity index (χ3v) is 3.85. The lowest BCUT2D eigenvalue weighted by Crippen LogP contribution is -2.21. The van der Waals surface area contributed by atoms with Crippen molar-refractivity contribution in [2.24, 2.45) is 0 Å². The highest BCUT2D eigenvalue weighted by Crippen LogP contribution is 2.19. The van der Waals surface area contributed by atoms with E-state index in [1.165, 1.54) is 24.8 Å². The van der Waals surface area contributed by atoms with Crippen LogP contribution >= 0.6 is 15.9 Å². The van der Waals surface area contributed by atoms with Crippen LogP contribution in [0.3, 0.4) is 0 Å². The minimum absolute atomic E-state index is 0.00698. The molecule has 2 aromatic carbocycles. The molecule has 0 spiro atoms. The number of amides is 1. The van der Waals surface area contributed by atoms with Crippen LogP contribution in [0, 0.1) is 5.82 Å². The quantitative estimate of drug-likeness (QED) is 0.643. The summed E-state index contributed by atoms with van der Waals surface area (Å²) in [4.78, 5) is 23.8. The fourth-order valence-electron chi connectivity index (χ4n) is 2.10. The summed E-state index contributed by atoms with van der Waals surface area (Å²) in [7, 11) is 0. The van der Waals surface area contributed by atoms with Crippen LogP contribution in [0.5, 0.6) is 0 Å². The molecule has 0 saturated heterocycles. The lowest BCUT2D eigenvalue weighted by atomic mass is 10.2. The maximum absolute atomic E-state index is 13.7. The molecule has 0 atom stereocenters. The summed E-state index contributed by atoms with van der Waals surface area (Å²) in [6.07, 6.45) is 3.05. The van der Waals surface area contributed by atoms with Crippen molar-refractivity contribution >= 4 is 33.5 Å². The van der Waals surface area contributed by atoms with Crippen molar-refractivity contribution in [2.75, 3.05) is 11.9 Å². The normalized spacial score (nSPS) is 10.4. The summed E-state index contributed by atoms with van der Waals surface area (Å²) < 4.78 is 20.8. The van der Waals surface area contributed by atoms with Crippen molar-refractivity contribution in [1.82, 2.24) is 14.8 Å². The van der Waals surface area contributed by atoms with Gasteiger partial charge in [-0.15, -0.1) is 10.2 Å². The third kappa shape index (κ3) is 4.31. The van der Waals surface area contributed by atoms with Crippen LogP contribution < -0.4 is 5.32 Å². The maximum Gasteiger partial charge on any atom is 0.338 e. The predicted molar refractivity (Wildman–Crippen MR) is 94.4 cm³/mol. The highest BCUT2D eigenvalue weighted by molar-refractivity contribution is 9.10. The number of halogens is 2. The van der Waals surface area contributed by atoms with E-state index < -0.39 is 24.3 Å². The second-order valence-corrected chi connectivity index (χ2v) is 6.08. The molecule has 1 aromatic heterocycles. The summed E-state index contributed by atoms with van der Waals surface area (Å²) in [6, 6.07) is 10.7. The first-order valence-electron chi connectivity index (χ1n) is 7.40. The maximum atomic E-state index is 13.7. The number of carbonyl (C=O) groups is 2. The van der Waals surface area contributed by atoms with Crippen molar-refractivity contribution in [3.05, 3.63) is 71.0 Å². The van der Waals surface area contributed by atoms with Gasteiger partial charge in [-0.05, 0) is 42.5 Å². The third-order valence-electron chi connectivity index (χ3n) is 3.36. The van der Waals surface area contributed by atoms with Crippen LogP contribution in [0.4, 0.5) is 10.1 Å². The molecule has 9 heteroatoms. The number of benzene rings is 2. The van der Waals surface area contributed by atoms with Crippen LogP contribution in [0.25, 0.3) is 5.69 Å². The van der Waals surface area contributed by atoms with Gasteiger partial charge >= 0.3 is 5.97 Å². The molecule has 1 amide bonds. The molecule has 26 heavy (non-hydrogen) atoms. The van der Waals surface area contributed by atoms with Crippen LogP contribution in [0.1, 0.15) is 10.4 Å². The summed E-state index contributed by atoms with van der Waals surface area (Å²) in [5.41, 5.74) is 1.06. The number of nitrogens with one attached hydrogen (secondary N) is 1. The number of rotatable bonds is 5. The molecule has 0 radical (unpaired) electrons. The monoisotopic (exact) mass is 418 g/mol. The average Bonchev–Trinajstić information content (AvgIpc) is 3.17. The van der Waals surface area contributed by atoms with Gasteiger partial charge in [-0.2, -0.15) is 0 Å². The van der Waals surface area contributed by atoms with Gasteiger partial charge in [-0.25, -0.2) is 9.18 Å². The first-order valence-corrected chi connectivity index (χ1v) is 8.19.